The zero-order valence-corrected chi connectivity index (χ0v) is 12.0. The first-order chi connectivity index (χ1) is 9.09. The molecule has 3 aromatic rings. The summed E-state index contributed by atoms with van der Waals surface area (Å²) >= 11 is 6.27. The lowest BCUT2D eigenvalue weighted by Gasteiger charge is -2.15. The number of aromatic nitrogens is 3. The number of pyridine rings is 1. The largest absolute Gasteiger partial charge is 0.324 e. The molecule has 1 atom stereocenters. The molecule has 1 unspecified atom stereocenters. The third kappa shape index (κ3) is 1.89. The molecule has 0 aliphatic heterocycles. The normalized spacial score (nSPS) is 13.5. The van der Waals surface area contributed by atoms with E-state index in [1.165, 1.54) is 0 Å². The van der Waals surface area contributed by atoms with E-state index in [1.54, 1.807) is 0 Å². The summed E-state index contributed by atoms with van der Waals surface area (Å²) in [5.41, 5.74) is 3.03. The molecule has 0 spiro atoms. The molecule has 0 radical (unpaired) electrons. The Hall–Kier alpha value is -1.61. The second-order valence-corrected chi connectivity index (χ2v) is 5.71. The van der Waals surface area contributed by atoms with Gasteiger partial charge in [0.15, 0.2) is 0 Å². The average Bonchev–Trinajstić information content (AvgIpc) is 2.78. The number of halogens is 1. The van der Waals surface area contributed by atoms with Crippen LogP contribution < -0.4 is 0 Å². The number of imidazole rings is 1. The lowest BCUT2D eigenvalue weighted by molar-refractivity contribution is 0.585. The van der Waals surface area contributed by atoms with Crippen LogP contribution in [-0.2, 0) is 0 Å². The van der Waals surface area contributed by atoms with E-state index < -0.39 is 0 Å². The van der Waals surface area contributed by atoms with Gasteiger partial charge in [-0.05, 0) is 26.8 Å². The smallest absolute Gasteiger partial charge is 0.128 e. The van der Waals surface area contributed by atoms with Gasteiger partial charge in [-0.2, -0.15) is 0 Å². The van der Waals surface area contributed by atoms with Crippen molar-refractivity contribution in [2.45, 2.75) is 32.2 Å². The van der Waals surface area contributed by atoms with Crippen molar-refractivity contribution in [3.05, 3.63) is 36.3 Å². The van der Waals surface area contributed by atoms with Crippen molar-refractivity contribution in [2.75, 3.05) is 0 Å². The predicted molar refractivity (Wildman–Crippen MR) is 79.7 cm³/mol. The molecular weight excluding hydrogens is 258 g/mol. The summed E-state index contributed by atoms with van der Waals surface area (Å²) < 4.78 is 2.22. The molecular formula is C15H16ClN3. The maximum Gasteiger partial charge on any atom is 0.128 e. The predicted octanol–water partition coefficient (Wildman–Crippen LogP) is 4.47. The Morgan fingerprint density at radius 2 is 1.84 bits per heavy atom. The van der Waals surface area contributed by atoms with Crippen LogP contribution >= 0.6 is 11.6 Å². The number of para-hydroxylation sites is 1. The lowest BCUT2D eigenvalue weighted by Crippen LogP contribution is -2.07. The van der Waals surface area contributed by atoms with Crippen molar-refractivity contribution in [1.82, 2.24) is 14.5 Å². The molecule has 0 saturated heterocycles. The summed E-state index contributed by atoms with van der Waals surface area (Å²) in [5.74, 6) is 0.907. The SMILES string of the molecule is CC(Cl)c1nc2cnc3ccccc3c2n1C(C)C. The molecule has 0 aliphatic carbocycles. The molecule has 0 aliphatic rings. The Balaban J connectivity index is 2.50. The highest BCUT2D eigenvalue weighted by molar-refractivity contribution is 6.20. The van der Waals surface area contributed by atoms with Crippen molar-refractivity contribution in [2.24, 2.45) is 0 Å². The van der Waals surface area contributed by atoms with Gasteiger partial charge in [0.25, 0.3) is 0 Å². The van der Waals surface area contributed by atoms with Gasteiger partial charge in [0, 0.05) is 11.4 Å². The summed E-state index contributed by atoms with van der Waals surface area (Å²) in [6.45, 7) is 6.26. The van der Waals surface area contributed by atoms with Crippen LogP contribution in [0.1, 0.15) is 38.0 Å². The van der Waals surface area contributed by atoms with Crippen LogP contribution in [0, 0.1) is 0 Å². The maximum absolute atomic E-state index is 6.27. The van der Waals surface area contributed by atoms with Gasteiger partial charge < -0.3 is 4.57 Å². The fourth-order valence-corrected chi connectivity index (χ4v) is 2.70. The van der Waals surface area contributed by atoms with Gasteiger partial charge in [-0.3, -0.25) is 4.98 Å². The van der Waals surface area contributed by atoms with Crippen molar-refractivity contribution in [3.8, 4) is 0 Å². The summed E-state index contributed by atoms with van der Waals surface area (Å²) in [5, 5.41) is 1.01. The number of nitrogens with zero attached hydrogens (tertiary/aromatic N) is 3. The van der Waals surface area contributed by atoms with Crippen LogP contribution in [0.4, 0.5) is 0 Å². The van der Waals surface area contributed by atoms with Gasteiger partial charge in [0.1, 0.15) is 11.3 Å². The highest BCUT2D eigenvalue weighted by atomic mass is 35.5. The van der Waals surface area contributed by atoms with E-state index in [9.17, 15) is 0 Å². The molecule has 3 rings (SSSR count). The highest BCUT2D eigenvalue weighted by Gasteiger charge is 2.18. The van der Waals surface area contributed by atoms with Crippen LogP contribution in [0.25, 0.3) is 21.9 Å². The van der Waals surface area contributed by atoms with Crippen molar-refractivity contribution in [3.63, 3.8) is 0 Å². The van der Waals surface area contributed by atoms with Gasteiger partial charge in [0.05, 0.1) is 22.6 Å². The first-order valence-electron chi connectivity index (χ1n) is 6.49. The van der Waals surface area contributed by atoms with Crippen LogP contribution in [-0.4, -0.2) is 14.5 Å². The van der Waals surface area contributed by atoms with Crippen LogP contribution in [0.5, 0.6) is 0 Å². The quantitative estimate of drug-likeness (QED) is 0.645. The summed E-state index contributed by atoms with van der Waals surface area (Å²) in [7, 11) is 0. The van der Waals surface area contributed by atoms with Gasteiger partial charge in [0.2, 0.25) is 0 Å². The van der Waals surface area contributed by atoms with E-state index in [4.69, 9.17) is 11.6 Å². The lowest BCUT2D eigenvalue weighted by atomic mass is 10.2. The zero-order valence-electron chi connectivity index (χ0n) is 11.3. The van der Waals surface area contributed by atoms with Crippen LogP contribution in [0.15, 0.2) is 30.5 Å². The molecule has 2 heterocycles. The Bertz CT molecular complexity index is 744. The van der Waals surface area contributed by atoms with E-state index in [1.807, 2.05) is 31.3 Å². The molecule has 0 saturated carbocycles. The van der Waals surface area contributed by atoms with Crippen LogP contribution in [0.2, 0.25) is 0 Å². The summed E-state index contributed by atoms with van der Waals surface area (Å²) in [4.78, 5) is 9.12. The minimum Gasteiger partial charge on any atom is -0.324 e. The van der Waals surface area contributed by atoms with Crippen molar-refractivity contribution in [1.29, 1.82) is 0 Å². The second-order valence-electron chi connectivity index (χ2n) is 5.06. The molecule has 2 aromatic heterocycles. The highest BCUT2D eigenvalue weighted by Crippen LogP contribution is 2.31. The fraction of sp³-hybridized carbons (Fsp3) is 0.333. The zero-order chi connectivity index (χ0) is 13.6. The van der Waals surface area contributed by atoms with Gasteiger partial charge >= 0.3 is 0 Å². The topological polar surface area (TPSA) is 30.7 Å². The third-order valence-corrected chi connectivity index (χ3v) is 3.52. The monoisotopic (exact) mass is 273 g/mol. The molecule has 0 N–H and O–H groups in total. The van der Waals surface area contributed by atoms with E-state index in [0.29, 0.717) is 6.04 Å². The molecule has 0 fully saturated rings. The van der Waals surface area contributed by atoms with Gasteiger partial charge in [-0.1, -0.05) is 18.2 Å². The number of hydrogen-bond donors (Lipinski definition) is 0. The van der Waals surface area contributed by atoms with Gasteiger partial charge in [-0.25, -0.2) is 4.98 Å². The Morgan fingerprint density at radius 3 is 2.53 bits per heavy atom. The van der Waals surface area contributed by atoms with E-state index >= 15 is 0 Å². The Labute approximate surface area is 117 Å². The fourth-order valence-electron chi connectivity index (χ4n) is 2.55. The average molecular weight is 274 g/mol. The number of benzene rings is 1. The molecule has 3 nitrogen and oxygen atoms in total. The van der Waals surface area contributed by atoms with E-state index in [0.717, 1.165) is 27.8 Å². The molecule has 4 heteroatoms. The minimum atomic E-state index is -0.117. The molecule has 19 heavy (non-hydrogen) atoms. The molecule has 98 valence electrons. The summed E-state index contributed by atoms with van der Waals surface area (Å²) in [6, 6.07) is 8.46. The molecule has 0 amide bonds. The third-order valence-electron chi connectivity index (χ3n) is 3.32. The number of rotatable bonds is 2. The first kappa shape index (κ1) is 12.4. The number of fused-ring (bicyclic) bond motifs is 3. The van der Waals surface area contributed by atoms with Gasteiger partial charge in [-0.15, -0.1) is 11.6 Å². The second kappa shape index (κ2) is 4.49. The van der Waals surface area contributed by atoms with E-state index in [2.05, 4.69) is 34.4 Å². The number of hydrogen-bond acceptors (Lipinski definition) is 2. The molecule has 0 bridgehead atoms. The van der Waals surface area contributed by atoms with Crippen molar-refractivity contribution >= 4 is 33.5 Å². The maximum atomic E-state index is 6.27. The summed E-state index contributed by atoms with van der Waals surface area (Å²) in [6.07, 6.45) is 1.83. The van der Waals surface area contributed by atoms with E-state index in [-0.39, 0.29) is 5.38 Å². The van der Waals surface area contributed by atoms with Crippen LogP contribution in [0.3, 0.4) is 0 Å². The Morgan fingerprint density at radius 1 is 1.11 bits per heavy atom. The minimum absolute atomic E-state index is 0.117. The first-order valence-corrected chi connectivity index (χ1v) is 6.93. The molecule has 1 aromatic carbocycles. The standard InChI is InChI=1S/C15H16ClN3/c1-9(2)19-14-11-6-4-5-7-12(11)17-8-13(14)18-15(19)10(3)16/h4-10H,1-3H3. The number of alkyl halides is 1. The Kier molecular flexibility index (Phi) is 2.94. The van der Waals surface area contributed by atoms with Crippen molar-refractivity contribution < 1.29 is 0 Å².